The van der Waals surface area contributed by atoms with Gasteiger partial charge in [0.05, 0.1) is 0 Å². The minimum atomic E-state index is -0.284. The normalized spacial score (nSPS) is 17.3. The Morgan fingerprint density at radius 1 is 1.00 bits per heavy atom. The summed E-state index contributed by atoms with van der Waals surface area (Å²) in [4.78, 5) is 11.0. The van der Waals surface area contributed by atoms with E-state index >= 15 is 0 Å². The van der Waals surface area contributed by atoms with Gasteiger partial charge in [0.1, 0.15) is 5.70 Å². The lowest BCUT2D eigenvalue weighted by atomic mass is 10.2. The van der Waals surface area contributed by atoms with Gasteiger partial charge in [0.15, 0.2) is 0 Å². The predicted molar refractivity (Wildman–Crippen MR) is 51.5 cm³/mol. The van der Waals surface area contributed by atoms with Crippen LogP contribution in [-0.4, -0.2) is 5.91 Å². The Morgan fingerprint density at radius 2 is 1.86 bits per heavy atom. The van der Waals surface area contributed by atoms with E-state index in [1.54, 1.807) is 0 Å². The van der Waals surface area contributed by atoms with Crippen molar-refractivity contribution >= 4 is 17.7 Å². The van der Waals surface area contributed by atoms with Crippen LogP contribution in [-0.2, 0) is 4.79 Å². The van der Waals surface area contributed by atoms with Crippen LogP contribution in [0.3, 0.4) is 0 Å². The van der Waals surface area contributed by atoms with Gasteiger partial charge in [0.25, 0.3) is 5.91 Å². The Balaban J connectivity index is 2.45. The van der Waals surface area contributed by atoms with E-state index in [4.69, 9.17) is 0 Å². The van der Waals surface area contributed by atoms with Crippen molar-refractivity contribution in [3.8, 4) is 0 Å². The van der Waals surface area contributed by atoms with Crippen molar-refractivity contribution in [1.29, 1.82) is 0 Å². The summed E-state index contributed by atoms with van der Waals surface area (Å²) in [5, 5.41) is 9.58. The number of amides is 1. The maximum Gasteiger partial charge on any atom is 0.288 e. The van der Waals surface area contributed by atoms with Crippen molar-refractivity contribution in [2.24, 2.45) is 10.2 Å². The van der Waals surface area contributed by atoms with Gasteiger partial charge in [0.2, 0.25) is 0 Å². The van der Waals surface area contributed by atoms with Gasteiger partial charge in [-0.15, -0.1) is 10.2 Å². The molecule has 0 radical (unpaired) electrons. The fourth-order valence-corrected chi connectivity index (χ4v) is 1.71. The first kappa shape index (κ1) is 7.38. The molecule has 1 aromatic carbocycles. The molecule has 14 heavy (non-hydrogen) atoms. The van der Waals surface area contributed by atoms with E-state index in [1.165, 1.54) is 6.08 Å². The minimum absolute atomic E-state index is 0.284. The van der Waals surface area contributed by atoms with Crippen molar-refractivity contribution in [2.75, 3.05) is 0 Å². The molecular weight excluding hydrogens is 176 g/mol. The lowest BCUT2D eigenvalue weighted by molar-refractivity contribution is -0.114. The quantitative estimate of drug-likeness (QED) is 0.576. The van der Waals surface area contributed by atoms with Crippen LogP contribution in [0.2, 0.25) is 0 Å². The molecule has 0 aromatic heterocycles. The van der Waals surface area contributed by atoms with Crippen LogP contribution in [0.25, 0.3) is 11.8 Å². The largest absolute Gasteiger partial charge is 0.288 e. The third-order valence-electron chi connectivity index (χ3n) is 2.33. The zero-order valence-corrected chi connectivity index (χ0v) is 7.27. The van der Waals surface area contributed by atoms with E-state index in [1.807, 2.05) is 30.3 Å². The topological polar surface area (TPSA) is 41.8 Å². The third-order valence-corrected chi connectivity index (χ3v) is 2.33. The molecule has 3 rings (SSSR count). The van der Waals surface area contributed by atoms with Crippen LogP contribution >= 0.6 is 0 Å². The zero-order chi connectivity index (χ0) is 9.54. The van der Waals surface area contributed by atoms with Crippen molar-refractivity contribution in [1.82, 2.24) is 0 Å². The molecule has 0 fully saturated rings. The Hall–Kier alpha value is -2.03. The van der Waals surface area contributed by atoms with Gasteiger partial charge in [-0.25, -0.2) is 0 Å². The number of nitrogens with zero attached hydrogens (tertiary/aromatic N) is 2. The number of fused-ring (bicyclic) bond motifs is 2. The first-order chi connectivity index (χ1) is 6.84. The number of benzene rings is 1. The Morgan fingerprint density at radius 3 is 2.79 bits per heavy atom. The minimum Gasteiger partial charge on any atom is -0.266 e. The lowest BCUT2D eigenvalue weighted by Gasteiger charge is -2.00. The van der Waals surface area contributed by atoms with E-state index in [9.17, 15) is 4.79 Å². The SMILES string of the molecule is O=C1C=C2C=c3ccccc3=C2N=N1. The fourth-order valence-electron chi connectivity index (χ4n) is 1.71. The van der Waals surface area contributed by atoms with Crippen LogP contribution in [0.1, 0.15) is 0 Å². The molecule has 1 aliphatic heterocycles. The molecule has 1 heterocycles. The molecular formula is C11H6N2O. The summed E-state index contributed by atoms with van der Waals surface area (Å²) in [5.74, 6) is -0.284. The molecule has 0 bridgehead atoms. The average molecular weight is 182 g/mol. The highest BCUT2D eigenvalue weighted by Gasteiger charge is 2.15. The second-order valence-corrected chi connectivity index (χ2v) is 3.22. The smallest absolute Gasteiger partial charge is 0.266 e. The molecule has 0 unspecified atom stereocenters. The standard InChI is InChI=1S/C11H6N2O/c14-10-6-8-5-7-3-1-2-4-9(7)11(8)13-12-10/h1-6H. The summed E-state index contributed by atoms with van der Waals surface area (Å²) in [6.07, 6.45) is 3.48. The van der Waals surface area contributed by atoms with Crippen LogP contribution in [0.5, 0.6) is 0 Å². The second-order valence-electron chi connectivity index (χ2n) is 3.22. The van der Waals surface area contributed by atoms with E-state index in [0.29, 0.717) is 0 Å². The number of carbonyl (C=O) groups excluding carboxylic acids is 1. The van der Waals surface area contributed by atoms with E-state index < -0.39 is 0 Å². The maximum absolute atomic E-state index is 11.0. The van der Waals surface area contributed by atoms with E-state index in [2.05, 4.69) is 10.2 Å². The first-order valence-electron chi connectivity index (χ1n) is 4.33. The Kier molecular flexibility index (Phi) is 1.31. The van der Waals surface area contributed by atoms with E-state index in [-0.39, 0.29) is 5.91 Å². The summed E-state index contributed by atoms with van der Waals surface area (Å²) in [5.41, 5.74) is 1.67. The third kappa shape index (κ3) is 0.893. The van der Waals surface area contributed by atoms with Gasteiger partial charge < -0.3 is 0 Å². The molecule has 0 N–H and O–H groups in total. The van der Waals surface area contributed by atoms with Gasteiger partial charge in [-0.1, -0.05) is 24.3 Å². The molecule has 3 heteroatoms. The number of azo groups is 1. The van der Waals surface area contributed by atoms with Gasteiger partial charge >= 0.3 is 0 Å². The highest BCUT2D eigenvalue weighted by Crippen LogP contribution is 2.19. The molecule has 1 aliphatic carbocycles. The van der Waals surface area contributed by atoms with Gasteiger partial charge in [-0.3, -0.25) is 4.79 Å². The van der Waals surface area contributed by atoms with Gasteiger partial charge in [-0.05, 0) is 11.3 Å². The molecule has 1 amide bonds. The zero-order valence-electron chi connectivity index (χ0n) is 7.27. The van der Waals surface area contributed by atoms with Crippen molar-refractivity contribution in [2.45, 2.75) is 0 Å². The van der Waals surface area contributed by atoms with Crippen LogP contribution in [0.15, 0.2) is 46.1 Å². The molecule has 0 saturated carbocycles. The summed E-state index contributed by atoms with van der Waals surface area (Å²) >= 11 is 0. The maximum atomic E-state index is 11.0. The predicted octanol–water partition coefficient (Wildman–Crippen LogP) is 0.508. The number of hydrogen-bond donors (Lipinski definition) is 0. The van der Waals surface area contributed by atoms with Crippen LogP contribution < -0.4 is 10.4 Å². The molecule has 0 spiro atoms. The molecule has 3 nitrogen and oxygen atoms in total. The summed E-state index contributed by atoms with van der Waals surface area (Å²) < 4.78 is 0. The highest BCUT2D eigenvalue weighted by molar-refractivity contribution is 5.98. The molecule has 66 valence electrons. The highest BCUT2D eigenvalue weighted by atomic mass is 16.1. The van der Waals surface area contributed by atoms with Crippen molar-refractivity contribution in [3.63, 3.8) is 0 Å². The number of hydrogen-bond acceptors (Lipinski definition) is 2. The lowest BCUT2D eigenvalue weighted by Crippen LogP contribution is -2.21. The molecule has 1 aromatic rings. The molecule has 2 aliphatic rings. The monoisotopic (exact) mass is 182 g/mol. The van der Waals surface area contributed by atoms with Crippen LogP contribution in [0.4, 0.5) is 0 Å². The summed E-state index contributed by atoms with van der Waals surface area (Å²) in [6, 6.07) is 7.90. The van der Waals surface area contributed by atoms with Crippen molar-refractivity contribution < 1.29 is 4.79 Å². The van der Waals surface area contributed by atoms with Crippen molar-refractivity contribution in [3.05, 3.63) is 46.4 Å². The fraction of sp³-hybridized carbons (Fsp3) is 0. The number of carbonyl (C=O) groups is 1. The summed E-state index contributed by atoms with van der Waals surface area (Å²) in [6.45, 7) is 0. The molecule has 0 atom stereocenters. The van der Waals surface area contributed by atoms with Crippen LogP contribution in [0, 0.1) is 0 Å². The Labute approximate surface area is 79.8 Å². The first-order valence-corrected chi connectivity index (χ1v) is 4.33. The van der Waals surface area contributed by atoms with E-state index in [0.717, 1.165) is 21.7 Å². The van der Waals surface area contributed by atoms with Gasteiger partial charge in [0, 0.05) is 16.9 Å². The average Bonchev–Trinajstić information content (AvgIpc) is 2.54. The Bertz CT molecular complexity index is 608. The number of rotatable bonds is 0. The molecule has 0 saturated heterocycles. The van der Waals surface area contributed by atoms with Gasteiger partial charge in [-0.2, -0.15) is 0 Å². The second kappa shape index (κ2) is 2.48. The summed E-state index contributed by atoms with van der Waals surface area (Å²) in [7, 11) is 0.